The van der Waals surface area contributed by atoms with E-state index in [0.29, 0.717) is 21.9 Å². The molecule has 2 N–H and O–H groups in total. The number of hydrogen-bond donors (Lipinski definition) is 2. The fourth-order valence-corrected chi connectivity index (χ4v) is 3.62. The van der Waals surface area contributed by atoms with Crippen LogP contribution in [0.5, 0.6) is 0 Å². The summed E-state index contributed by atoms with van der Waals surface area (Å²) >= 11 is 0.926. The summed E-state index contributed by atoms with van der Waals surface area (Å²) in [5, 5.41) is 19.1. The lowest BCUT2D eigenvalue weighted by atomic mass is 10.0. The van der Waals surface area contributed by atoms with Crippen molar-refractivity contribution >= 4 is 28.2 Å². The van der Waals surface area contributed by atoms with E-state index in [4.69, 9.17) is 5.11 Å². The molecule has 0 radical (unpaired) electrons. The van der Waals surface area contributed by atoms with Crippen LogP contribution in [0.25, 0.3) is 21.5 Å². The van der Waals surface area contributed by atoms with Crippen molar-refractivity contribution in [3.05, 3.63) is 39.8 Å². The molecule has 5 nitrogen and oxygen atoms in total. The molecule has 2 aromatic heterocycles. The summed E-state index contributed by atoms with van der Waals surface area (Å²) in [6.45, 7) is 5.43. The SMILES string of the molecule is Cc1nc(-c2ccc3[nH]c(C(C)C)c(C#N)c3c2F)sc1C(=O)O. The van der Waals surface area contributed by atoms with E-state index in [1.807, 2.05) is 13.8 Å². The van der Waals surface area contributed by atoms with Gasteiger partial charge in [0.15, 0.2) is 0 Å². The number of aromatic nitrogens is 2. The topological polar surface area (TPSA) is 89.8 Å². The first-order valence-electron chi connectivity index (χ1n) is 7.30. The zero-order valence-electron chi connectivity index (χ0n) is 13.3. The summed E-state index contributed by atoms with van der Waals surface area (Å²) in [4.78, 5) is 18.5. The third kappa shape index (κ3) is 2.36. The van der Waals surface area contributed by atoms with Gasteiger partial charge in [0.25, 0.3) is 0 Å². The van der Waals surface area contributed by atoms with Crippen LogP contribution in [-0.4, -0.2) is 21.0 Å². The monoisotopic (exact) mass is 343 g/mol. The van der Waals surface area contributed by atoms with Crippen molar-refractivity contribution in [2.45, 2.75) is 26.7 Å². The predicted octanol–water partition coefficient (Wildman–Crippen LogP) is 4.43. The van der Waals surface area contributed by atoms with Crippen LogP contribution in [0.15, 0.2) is 12.1 Å². The van der Waals surface area contributed by atoms with Gasteiger partial charge < -0.3 is 10.1 Å². The smallest absolute Gasteiger partial charge is 0.347 e. The van der Waals surface area contributed by atoms with Crippen molar-refractivity contribution in [3.63, 3.8) is 0 Å². The maximum atomic E-state index is 15.1. The Morgan fingerprint density at radius 1 is 1.46 bits per heavy atom. The predicted molar refractivity (Wildman–Crippen MR) is 89.9 cm³/mol. The Labute approximate surface area is 141 Å². The quantitative estimate of drug-likeness (QED) is 0.736. The molecule has 0 spiro atoms. The Morgan fingerprint density at radius 3 is 2.71 bits per heavy atom. The second kappa shape index (κ2) is 5.73. The summed E-state index contributed by atoms with van der Waals surface area (Å²) in [5.74, 6) is -1.59. The van der Waals surface area contributed by atoms with Crippen molar-refractivity contribution in [3.8, 4) is 16.6 Å². The first-order valence-corrected chi connectivity index (χ1v) is 8.12. The minimum Gasteiger partial charge on any atom is -0.477 e. The largest absolute Gasteiger partial charge is 0.477 e. The van der Waals surface area contributed by atoms with Crippen LogP contribution in [0.1, 0.15) is 46.4 Å². The van der Waals surface area contributed by atoms with E-state index in [-0.39, 0.29) is 27.3 Å². The fourth-order valence-electron chi connectivity index (χ4n) is 2.69. The molecule has 0 atom stereocenters. The van der Waals surface area contributed by atoms with Gasteiger partial charge in [0.05, 0.1) is 16.6 Å². The average molecular weight is 343 g/mol. The Balaban J connectivity index is 2.28. The second-order valence-electron chi connectivity index (χ2n) is 5.77. The van der Waals surface area contributed by atoms with Crippen molar-refractivity contribution in [2.75, 3.05) is 0 Å². The van der Waals surface area contributed by atoms with E-state index < -0.39 is 11.8 Å². The lowest BCUT2D eigenvalue weighted by molar-refractivity contribution is 0.0701. The van der Waals surface area contributed by atoms with E-state index in [2.05, 4.69) is 16.0 Å². The molecular weight excluding hydrogens is 329 g/mol. The number of rotatable bonds is 3. The molecule has 0 aliphatic rings. The number of thiazole rings is 1. The van der Waals surface area contributed by atoms with E-state index in [9.17, 15) is 10.1 Å². The number of halogens is 1. The lowest BCUT2D eigenvalue weighted by Crippen LogP contribution is -1.94. The summed E-state index contributed by atoms with van der Waals surface area (Å²) in [5.41, 5.74) is 2.06. The number of aryl methyl sites for hydroxylation is 1. The molecule has 0 unspecified atom stereocenters. The van der Waals surface area contributed by atoms with Crippen LogP contribution >= 0.6 is 11.3 Å². The Morgan fingerprint density at radius 2 is 2.17 bits per heavy atom. The van der Waals surface area contributed by atoms with E-state index in [1.165, 1.54) is 0 Å². The number of benzene rings is 1. The molecule has 122 valence electrons. The van der Waals surface area contributed by atoms with Gasteiger partial charge in [-0.25, -0.2) is 14.2 Å². The standard InChI is InChI=1S/C17H14FN3O2S/c1-7(2)14-10(6-19)12-11(21-14)5-4-9(13(12)18)16-20-8(3)15(24-16)17(22)23/h4-5,7,21H,1-3H3,(H,22,23). The number of aromatic amines is 1. The number of carbonyl (C=O) groups is 1. The summed E-state index contributed by atoms with van der Waals surface area (Å²) in [6.07, 6.45) is 0. The molecule has 7 heteroatoms. The Hall–Kier alpha value is -2.72. The highest BCUT2D eigenvalue weighted by molar-refractivity contribution is 7.17. The summed E-state index contributed by atoms with van der Waals surface area (Å²) < 4.78 is 15.1. The molecule has 1 aromatic carbocycles. The molecule has 3 aromatic rings. The van der Waals surface area contributed by atoms with Crippen molar-refractivity contribution in [1.82, 2.24) is 9.97 Å². The fraction of sp³-hybridized carbons (Fsp3) is 0.235. The number of nitriles is 1. The molecule has 0 amide bonds. The second-order valence-corrected chi connectivity index (χ2v) is 6.77. The number of fused-ring (bicyclic) bond motifs is 1. The third-order valence-electron chi connectivity index (χ3n) is 3.84. The lowest BCUT2D eigenvalue weighted by Gasteiger charge is -2.02. The Kier molecular flexibility index (Phi) is 3.85. The van der Waals surface area contributed by atoms with Crippen LogP contribution in [0.2, 0.25) is 0 Å². The van der Waals surface area contributed by atoms with Gasteiger partial charge in [0.2, 0.25) is 0 Å². The minimum atomic E-state index is -1.08. The van der Waals surface area contributed by atoms with Crippen LogP contribution in [0, 0.1) is 24.1 Å². The summed E-state index contributed by atoms with van der Waals surface area (Å²) in [6, 6.07) is 5.32. The molecule has 24 heavy (non-hydrogen) atoms. The molecule has 2 heterocycles. The normalized spacial score (nSPS) is 11.2. The molecule has 0 bridgehead atoms. The van der Waals surface area contributed by atoms with Crippen LogP contribution in [0.3, 0.4) is 0 Å². The molecule has 0 saturated heterocycles. The maximum absolute atomic E-state index is 15.1. The van der Waals surface area contributed by atoms with Gasteiger partial charge in [-0.2, -0.15) is 5.26 Å². The highest BCUT2D eigenvalue weighted by atomic mass is 32.1. The zero-order chi connectivity index (χ0) is 17.6. The zero-order valence-corrected chi connectivity index (χ0v) is 14.1. The van der Waals surface area contributed by atoms with Gasteiger partial charge >= 0.3 is 5.97 Å². The van der Waals surface area contributed by atoms with Gasteiger partial charge in [-0.05, 0) is 25.0 Å². The van der Waals surface area contributed by atoms with Crippen molar-refractivity contribution < 1.29 is 14.3 Å². The van der Waals surface area contributed by atoms with Gasteiger partial charge in [-0.15, -0.1) is 11.3 Å². The molecule has 0 fully saturated rings. The van der Waals surface area contributed by atoms with Gasteiger partial charge in [-0.3, -0.25) is 0 Å². The maximum Gasteiger partial charge on any atom is 0.347 e. The Bertz CT molecular complexity index is 1010. The summed E-state index contributed by atoms with van der Waals surface area (Å²) in [7, 11) is 0. The molecular formula is C17H14FN3O2S. The number of carboxylic acid groups (broad SMARTS) is 1. The number of aromatic carboxylic acids is 1. The molecule has 0 aliphatic heterocycles. The van der Waals surface area contributed by atoms with E-state index in [0.717, 1.165) is 11.3 Å². The molecule has 0 saturated carbocycles. The van der Waals surface area contributed by atoms with E-state index >= 15 is 4.39 Å². The van der Waals surface area contributed by atoms with Crippen molar-refractivity contribution in [1.29, 1.82) is 5.26 Å². The van der Waals surface area contributed by atoms with Crippen LogP contribution in [0.4, 0.5) is 4.39 Å². The van der Waals surface area contributed by atoms with Crippen LogP contribution < -0.4 is 0 Å². The number of nitrogens with zero attached hydrogens (tertiary/aromatic N) is 2. The highest BCUT2D eigenvalue weighted by Crippen LogP contribution is 2.36. The van der Waals surface area contributed by atoms with Gasteiger partial charge in [0.1, 0.15) is 21.8 Å². The first kappa shape index (κ1) is 16.1. The number of hydrogen-bond acceptors (Lipinski definition) is 4. The molecule has 0 aliphatic carbocycles. The van der Waals surface area contributed by atoms with E-state index in [1.54, 1.807) is 19.1 Å². The average Bonchev–Trinajstić information content (AvgIpc) is 3.08. The first-order chi connectivity index (χ1) is 11.3. The van der Waals surface area contributed by atoms with Crippen LogP contribution in [-0.2, 0) is 0 Å². The van der Waals surface area contributed by atoms with Crippen molar-refractivity contribution in [2.24, 2.45) is 0 Å². The van der Waals surface area contributed by atoms with Gasteiger partial charge in [-0.1, -0.05) is 13.8 Å². The molecule has 3 rings (SSSR count). The number of carboxylic acids is 1. The number of H-pyrrole nitrogens is 1. The highest BCUT2D eigenvalue weighted by Gasteiger charge is 2.22. The minimum absolute atomic E-state index is 0.0515. The third-order valence-corrected chi connectivity index (χ3v) is 5.02. The van der Waals surface area contributed by atoms with Gasteiger partial charge in [0, 0.05) is 16.8 Å². The number of nitrogens with one attached hydrogen (secondary N) is 1.